The topological polar surface area (TPSA) is 67.4 Å². The molecule has 1 fully saturated rings. The molecule has 7 nitrogen and oxygen atoms in total. The largest absolute Gasteiger partial charge is 0.448 e. The van der Waals surface area contributed by atoms with Crippen molar-refractivity contribution >= 4 is 5.82 Å². The van der Waals surface area contributed by atoms with Gasteiger partial charge in [0, 0.05) is 44.7 Å². The number of anilines is 1. The quantitative estimate of drug-likeness (QED) is 0.621. The first kappa shape index (κ1) is 20.3. The lowest BCUT2D eigenvalue weighted by atomic mass is 10.1. The van der Waals surface area contributed by atoms with Crippen molar-refractivity contribution < 1.29 is 8.81 Å². The van der Waals surface area contributed by atoms with Crippen LogP contribution in [0.25, 0.3) is 0 Å². The van der Waals surface area contributed by atoms with Crippen LogP contribution in [0.3, 0.4) is 0 Å². The van der Waals surface area contributed by atoms with E-state index < -0.39 is 0 Å². The highest BCUT2D eigenvalue weighted by atomic mass is 19.1. The van der Waals surface area contributed by atoms with Crippen LogP contribution >= 0.6 is 0 Å². The van der Waals surface area contributed by atoms with Crippen LogP contribution in [0.4, 0.5) is 10.2 Å². The summed E-state index contributed by atoms with van der Waals surface area (Å²) in [7, 11) is 0. The second kappa shape index (κ2) is 8.79. The molecule has 1 saturated heterocycles. The summed E-state index contributed by atoms with van der Waals surface area (Å²) in [4.78, 5) is 21.1. The van der Waals surface area contributed by atoms with E-state index in [0.717, 1.165) is 55.6 Å². The van der Waals surface area contributed by atoms with Gasteiger partial charge in [-0.1, -0.05) is 26.0 Å². The number of piperazine rings is 1. The third kappa shape index (κ3) is 4.59. The highest BCUT2D eigenvalue weighted by Crippen LogP contribution is 2.21. The van der Waals surface area contributed by atoms with E-state index in [1.54, 1.807) is 24.3 Å². The van der Waals surface area contributed by atoms with Crippen LogP contribution in [0.15, 0.2) is 52.0 Å². The number of halogens is 1. The van der Waals surface area contributed by atoms with Crippen molar-refractivity contribution in [2.24, 2.45) is 0 Å². The second-order valence-electron chi connectivity index (χ2n) is 7.90. The van der Waals surface area contributed by atoms with Crippen molar-refractivity contribution in [3.05, 3.63) is 76.0 Å². The number of hydrogen-bond donors (Lipinski definition) is 0. The molecule has 3 heterocycles. The van der Waals surface area contributed by atoms with Crippen LogP contribution in [0.1, 0.15) is 36.8 Å². The number of nitrogens with zero attached hydrogens (tertiary/aromatic N) is 5. The fourth-order valence-electron chi connectivity index (χ4n) is 3.70. The lowest BCUT2D eigenvalue weighted by Crippen LogP contribution is -2.46. The molecule has 0 aliphatic carbocycles. The maximum Gasteiger partial charge on any atom is 0.267 e. The molecule has 0 N–H and O–H groups in total. The standard InChI is InChI=1S/C22H26FN5O2/c1-16(2)22-19(24-15-30-22)14-26-9-11-27(12-10-26)20-7-8-21(29)28(25-20)13-17-3-5-18(23)6-4-17/h3-8,15-16H,9-14H2,1-2H3. The highest BCUT2D eigenvalue weighted by molar-refractivity contribution is 5.37. The maximum absolute atomic E-state index is 13.1. The molecule has 2 aromatic heterocycles. The normalized spacial score (nSPS) is 15.1. The van der Waals surface area contributed by atoms with Gasteiger partial charge in [0.1, 0.15) is 17.4 Å². The first-order chi connectivity index (χ1) is 14.5. The zero-order valence-corrected chi connectivity index (χ0v) is 17.3. The highest BCUT2D eigenvalue weighted by Gasteiger charge is 2.21. The summed E-state index contributed by atoms with van der Waals surface area (Å²) < 4.78 is 20.1. The second-order valence-corrected chi connectivity index (χ2v) is 7.90. The molecule has 1 aliphatic rings. The lowest BCUT2D eigenvalue weighted by Gasteiger charge is -2.35. The zero-order chi connectivity index (χ0) is 21.1. The molecule has 3 aromatic rings. The average Bonchev–Trinajstić information content (AvgIpc) is 3.20. The minimum absolute atomic E-state index is 0.172. The van der Waals surface area contributed by atoms with E-state index >= 15 is 0 Å². The number of benzene rings is 1. The molecule has 0 atom stereocenters. The molecule has 0 unspecified atom stereocenters. The summed E-state index contributed by atoms with van der Waals surface area (Å²) in [5, 5.41) is 4.54. The number of aromatic nitrogens is 3. The number of rotatable bonds is 6. The summed E-state index contributed by atoms with van der Waals surface area (Å²) >= 11 is 0. The summed E-state index contributed by atoms with van der Waals surface area (Å²) in [5.74, 6) is 1.75. The Balaban J connectivity index is 1.40. The van der Waals surface area contributed by atoms with Gasteiger partial charge in [-0.05, 0) is 23.8 Å². The third-order valence-electron chi connectivity index (χ3n) is 5.36. The molecule has 0 spiro atoms. The SMILES string of the molecule is CC(C)c1ocnc1CN1CCN(c2ccc(=O)n(Cc3ccc(F)cc3)n2)CC1. The number of oxazole rings is 1. The predicted molar refractivity (Wildman–Crippen MR) is 112 cm³/mol. The van der Waals surface area contributed by atoms with E-state index in [1.165, 1.54) is 23.2 Å². The summed E-state index contributed by atoms with van der Waals surface area (Å²) in [6.07, 6.45) is 1.52. The molecule has 0 amide bonds. The predicted octanol–water partition coefficient (Wildman–Crippen LogP) is 2.86. The van der Waals surface area contributed by atoms with E-state index in [9.17, 15) is 9.18 Å². The van der Waals surface area contributed by atoms with Gasteiger partial charge in [-0.3, -0.25) is 9.69 Å². The van der Waals surface area contributed by atoms with Crippen LogP contribution < -0.4 is 10.5 Å². The Morgan fingerprint density at radius 2 is 1.77 bits per heavy atom. The van der Waals surface area contributed by atoms with Crippen molar-refractivity contribution in [1.29, 1.82) is 0 Å². The van der Waals surface area contributed by atoms with Gasteiger partial charge in [0.25, 0.3) is 5.56 Å². The number of hydrogen-bond acceptors (Lipinski definition) is 6. The Labute approximate surface area is 174 Å². The minimum Gasteiger partial charge on any atom is -0.448 e. The first-order valence-corrected chi connectivity index (χ1v) is 10.2. The van der Waals surface area contributed by atoms with Gasteiger partial charge in [0.05, 0.1) is 12.2 Å². The van der Waals surface area contributed by atoms with E-state index in [1.807, 2.05) is 0 Å². The van der Waals surface area contributed by atoms with E-state index in [-0.39, 0.29) is 11.4 Å². The summed E-state index contributed by atoms with van der Waals surface area (Å²) in [5.41, 5.74) is 1.67. The van der Waals surface area contributed by atoms with Gasteiger partial charge in [0.15, 0.2) is 6.39 Å². The fraction of sp³-hybridized carbons (Fsp3) is 0.409. The van der Waals surface area contributed by atoms with Gasteiger partial charge in [-0.25, -0.2) is 14.1 Å². The first-order valence-electron chi connectivity index (χ1n) is 10.2. The van der Waals surface area contributed by atoms with E-state index in [0.29, 0.717) is 12.5 Å². The zero-order valence-electron chi connectivity index (χ0n) is 17.3. The molecule has 1 aliphatic heterocycles. The van der Waals surface area contributed by atoms with Gasteiger partial charge < -0.3 is 9.32 Å². The molecule has 4 rings (SSSR count). The Kier molecular flexibility index (Phi) is 5.94. The van der Waals surface area contributed by atoms with Gasteiger partial charge in [0.2, 0.25) is 0 Å². The maximum atomic E-state index is 13.1. The van der Waals surface area contributed by atoms with Crippen molar-refractivity contribution in [3.63, 3.8) is 0 Å². The molecular weight excluding hydrogens is 385 g/mol. The van der Waals surface area contributed by atoms with Gasteiger partial charge >= 0.3 is 0 Å². The van der Waals surface area contributed by atoms with E-state index in [2.05, 4.69) is 33.7 Å². The van der Waals surface area contributed by atoms with Gasteiger partial charge in [-0.2, -0.15) is 5.10 Å². The molecule has 0 saturated carbocycles. The molecule has 1 aromatic carbocycles. The fourth-order valence-corrected chi connectivity index (χ4v) is 3.70. The van der Waals surface area contributed by atoms with Crippen molar-refractivity contribution in [2.45, 2.75) is 32.9 Å². The van der Waals surface area contributed by atoms with Crippen LogP contribution in [0.5, 0.6) is 0 Å². The molecule has 0 bridgehead atoms. The lowest BCUT2D eigenvalue weighted by molar-refractivity contribution is 0.244. The molecule has 0 radical (unpaired) electrons. The van der Waals surface area contributed by atoms with Crippen molar-refractivity contribution in [1.82, 2.24) is 19.7 Å². The van der Waals surface area contributed by atoms with Crippen molar-refractivity contribution in [2.75, 3.05) is 31.1 Å². The summed E-state index contributed by atoms with van der Waals surface area (Å²) in [6.45, 7) is 8.69. The Bertz CT molecular complexity index is 1040. The Morgan fingerprint density at radius 3 is 2.47 bits per heavy atom. The summed E-state index contributed by atoms with van der Waals surface area (Å²) in [6, 6.07) is 9.44. The minimum atomic E-state index is -0.295. The Hall–Kier alpha value is -3.00. The van der Waals surface area contributed by atoms with E-state index in [4.69, 9.17) is 4.42 Å². The van der Waals surface area contributed by atoms with Crippen LogP contribution in [-0.4, -0.2) is 45.8 Å². The van der Waals surface area contributed by atoms with Crippen LogP contribution in [0.2, 0.25) is 0 Å². The van der Waals surface area contributed by atoms with Gasteiger partial charge in [-0.15, -0.1) is 0 Å². The molecule has 158 valence electrons. The van der Waals surface area contributed by atoms with Crippen LogP contribution in [0, 0.1) is 5.82 Å². The smallest absolute Gasteiger partial charge is 0.267 e. The monoisotopic (exact) mass is 411 g/mol. The van der Waals surface area contributed by atoms with Crippen LogP contribution in [-0.2, 0) is 13.1 Å². The van der Waals surface area contributed by atoms with Crippen molar-refractivity contribution in [3.8, 4) is 0 Å². The Morgan fingerprint density at radius 1 is 1.03 bits per heavy atom. The average molecular weight is 411 g/mol. The molecule has 8 heteroatoms. The molecular formula is C22H26FN5O2. The molecule has 30 heavy (non-hydrogen) atoms. The third-order valence-corrected chi connectivity index (χ3v) is 5.36.